The summed E-state index contributed by atoms with van der Waals surface area (Å²) >= 11 is 4.03. The standard InChI is InChI=1S/C16H15IN2OS/c1-2-20-13-7-8-14-15(9-13)19-16(18-14)21-10-11-3-5-12(17)6-4-11/h3-9H,2,10H2,1H3,(H,18,19). The maximum atomic E-state index is 5.51. The zero-order valence-electron chi connectivity index (χ0n) is 11.6. The summed E-state index contributed by atoms with van der Waals surface area (Å²) in [6, 6.07) is 14.5. The molecule has 0 spiro atoms. The van der Waals surface area contributed by atoms with Crippen LogP contribution >= 0.6 is 34.4 Å². The van der Waals surface area contributed by atoms with Crippen LogP contribution in [0.15, 0.2) is 47.6 Å². The molecule has 0 aliphatic heterocycles. The predicted octanol–water partition coefficient (Wildman–Crippen LogP) is 4.86. The minimum Gasteiger partial charge on any atom is -0.494 e. The summed E-state index contributed by atoms with van der Waals surface area (Å²) in [5, 5.41) is 0.942. The van der Waals surface area contributed by atoms with E-state index < -0.39 is 0 Å². The monoisotopic (exact) mass is 410 g/mol. The van der Waals surface area contributed by atoms with E-state index in [9.17, 15) is 0 Å². The van der Waals surface area contributed by atoms with Crippen molar-refractivity contribution < 1.29 is 4.74 Å². The zero-order valence-corrected chi connectivity index (χ0v) is 14.6. The van der Waals surface area contributed by atoms with Crippen LogP contribution in [0.5, 0.6) is 5.75 Å². The first-order valence-electron chi connectivity index (χ1n) is 6.74. The number of imidazole rings is 1. The lowest BCUT2D eigenvalue weighted by Gasteiger charge is -2.00. The topological polar surface area (TPSA) is 37.9 Å². The SMILES string of the molecule is CCOc1ccc2nc(SCc3ccc(I)cc3)[nH]c2c1. The maximum Gasteiger partial charge on any atom is 0.166 e. The van der Waals surface area contributed by atoms with Gasteiger partial charge in [-0.05, 0) is 59.3 Å². The molecule has 1 aromatic heterocycles. The number of H-pyrrole nitrogens is 1. The Bertz CT molecular complexity index is 740. The highest BCUT2D eigenvalue weighted by Gasteiger charge is 2.05. The number of nitrogens with one attached hydrogen (secondary N) is 1. The molecule has 0 saturated heterocycles. The molecule has 0 atom stereocenters. The first-order valence-corrected chi connectivity index (χ1v) is 8.81. The van der Waals surface area contributed by atoms with E-state index in [1.165, 1.54) is 9.13 Å². The van der Waals surface area contributed by atoms with E-state index in [0.29, 0.717) is 6.61 Å². The zero-order chi connectivity index (χ0) is 14.7. The van der Waals surface area contributed by atoms with Gasteiger partial charge in [0.25, 0.3) is 0 Å². The molecule has 0 aliphatic carbocycles. The number of benzene rings is 2. The highest BCUT2D eigenvalue weighted by Crippen LogP contribution is 2.25. The Balaban J connectivity index is 1.73. The molecule has 0 bridgehead atoms. The van der Waals surface area contributed by atoms with E-state index in [0.717, 1.165) is 27.7 Å². The lowest BCUT2D eigenvalue weighted by molar-refractivity contribution is 0.340. The number of ether oxygens (including phenoxy) is 1. The van der Waals surface area contributed by atoms with Crippen molar-refractivity contribution >= 4 is 45.4 Å². The van der Waals surface area contributed by atoms with Crippen LogP contribution in [-0.4, -0.2) is 16.6 Å². The van der Waals surface area contributed by atoms with Crippen molar-refractivity contribution in [3.63, 3.8) is 0 Å². The summed E-state index contributed by atoms with van der Waals surface area (Å²) in [5.74, 6) is 1.79. The van der Waals surface area contributed by atoms with Crippen molar-refractivity contribution in [2.75, 3.05) is 6.61 Å². The fraction of sp³-hybridized carbons (Fsp3) is 0.188. The van der Waals surface area contributed by atoms with Gasteiger partial charge in [-0.2, -0.15) is 0 Å². The molecule has 5 heteroatoms. The van der Waals surface area contributed by atoms with Crippen LogP contribution < -0.4 is 4.74 Å². The molecule has 2 aromatic carbocycles. The second-order valence-electron chi connectivity index (χ2n) is 4.57. The summed E-state index contributed by atoms with van der Waals surface area (Å²) < 4.78 is 6.77. The van der Waals surface area contributed by atoms with Gasteiger partial charge in [0.1, 0.15) is 5.75 Å². The fourth-order valence-corrected chi connectivity index (χ4v) is 3.22. The normalized spacial score (nSPS) is 11.0. The molecule has 108 valence electrons. The minimum absolute atomic E-state index is 0.675. The Hall–Kier alpha value is -1.21. The van der Waals surface area contributed by atoms with Gasteiger partial charge in [-0.25, -0.2) is 4.98 Å². The third-order valence-electron chi connectivity index (χ3n) is 3.03. The van der Waals surface area contributed by atoms with E-state index in [4.69, 9.17) is 4.74 Å². The Labute approximate surface area is 141 Å². The molecule has 0 unspecified atom stereocenters. The number of halogens is 1. The minimum atomic E-state index is 0.675. The third kappa shape index (κ3) is 3.71. The molecule has 3 aromatic rings. The average molecular weight is 410 g/mol. The first-order chi connectivity index (χ1) is 10.2. The van der Waals surface area contributed by atoms with Crippen LogP contribution in [0.2, 0.25) is 0 Å². The van der Waals surface area contributed by atoms with Gasteiger partial charge in [0.15, 0.2) is 5.16 Å². The van der Waals surface area contributed by atoms with Crippen molar-refractivity contribution in [1.29, 1.82) is 0 Å². The van der Waals surface area contributed by atoms with Gasteiger partial charge in [-0.1, -0.05) is 23.9 Å². The van der Waals surface area contributed by atoms with Crippen LogP contribution in [0, 0.1) is 3.57 Å². The number of aromatic amines is 1. The lowest BCUT2D eigenvalue weighted by Crippen LogP contribution is -1.90. The van der Waals surface area contributed by atoms with Gasteiger partial charge in [0.05, 0.1) is 17.6 Å². The van der Waals surface area contributed by atoms with Crippen molar-refractivity contribution in [2.45, 2.75) is 17.8 Å². The smallest absolute Gasteiger partial charge is 0.166 e. The van der Waals surface area contributed by atoms with Crippen LogP contribution in [0.25, 0.3) is 11.0 Å². The predicted molar refractivity (Wildman–Crippen MR) is 96.0 cm³/mol. The molecule has 0 radical (unpaired) electrons. The van der Waals surface area contributed by atoms with Gasteiger partial charge in [-0.15, -0.1) is 0 Å². The molecule has 0 amide bonds. The third-order valence-corrected chi connectivity index (χ3v) is 4.70. The van der Waals surface area contributed by atoms with Gasteiger partial charge >= 0.3 is 0 Å². The molecule has 1 heterocycles. The summed E-state index contributed by atoms with van der Waals surface area (Å²) in [5.41, 5.74) is 3.30. The van der Waals surface area contributed by atoms with Crippen molar-refractivity contribution in [1.82, 2.24) is 9.97 Å². The lowest BCUT2D eigenvalue weighted by atomic mass is 10.2. The fourth-order valence-electron chi connectivity index (χ4n) is 2.02. The summed E-state index contributed by atoms with van der Waals surface area (Å²) in [4.78, 5) is 7.94. The molecule has 3 nitrogen and oxygen atoms in total. The van der Waals surface area contributed by atoms with E-state index in [1.54, 1.807) is 11.8 Å². The summed E-state index contributed by atoms with van der Waals surface area (Å²) in [6.07, 6.45) is 0. The van der Waals surface area contributed by atoms with Crippen LogP contribution in [0.4, 0.5) is 0 Å². The van der Waals surface area contributed by atoms with Gasteiger partial charge < -0.3 is 9.72 Å². The van der Waals surface area contributed by atoms with Crippen LogP contribution in [0.3, 0.4) is 0 Å². The Morgan fingerprint density at radius 3 is 2.76 bits per heavy atom. The van der Waals surface area contributed by atoms with E-state index >= 15 is 0 Å². The molecule has 0 aliphatic rings. The Morgan fingerprint density at radius 2 is 2.00 bits per heavy atom. The number of hydrogen-bond donors (Lipinski definition) is 1. The molecule has 1 N–H and O–H groups in total. The molecule has 3 rings (SSSR count). The highest BCUT2D eigenvalue weighted by molar-refractivity contribution is 14.1. The molecule has 0 saturated carbocycles. The van der Waals surface area contributed by atoms with Gasteiger partial charge in [0, 0.05) is 15.4 Å². The van der Waals surface area contributed by atoms with E-state index in [1.807, 2.05) is 25.1 Å². The molecular weight excluding hydrogens is 395 g/mol. The largest absolute Gasteiger partial charge is 0.494 e. The van der Waals surface area contributed by atoms with Crippen LogP contribution in [-0.2, 0) is 5.75 Å². The quantitative estimate of drug-likeness (QED) is 0.482. The summed E-state index contributed by atoms with van der Waals surface area (Å²) in [6.45, 7) is 2.66. The second-order valence-corrected chi connectivity index (χ2v) is 6.78. The second kappa shape index (κ2) is 6.70. The number of fused-ring (bicyclic) bond motifs is 1. The number of aromatic nitrogens is 2. The van der Waals surface area contributed by atoms with Crippen molar-refractivity contribution in [3.05, 3.63) is 51.6 Å². The van der Waals surface area contributed by atoms with Gasteiger partial charge in [-0.3, -0.25) is 0 Å². The van der Waals surface area contributed by atoms with E-state index in [2.05, 4.69) is 56.8 Å². The Morgan fingerprint density at radius 1 is 1.19 bits per heavy atom. The Kier molecular flexibility index (Phi) is 4.70. The molecule has 0 fully saturated rings. The maximum absolute atomic E-state index is 5.51. The van der Waals surface area contributed by atoms with Crippen molar-refractivity contribution in [2.24, 2.45) is 0 Å². The van der Waals surface area contributed by atoms with Crippen LogP contribution in [0.1, 0.15) is 12.5 Å². The van der Waals surface area contributed by atoms with Crippen molar-refractivity contribution in [3.8, 4) is 5.75 Å². The number of rotatable bonds is 5. The van der Waals surface area contributed by atoms with Gasteiger partial charge in [0.2, 0.25) is 0 Å². The number of thioether (sulfide) groups is 1. The highest BCUT2D eigenvalue weighted by atomic mass is 127. The average Bonchev–Trinajstić information content (AvgIpc) is 2.89. The molecule has 21 heavy (non-hydrogen) atoms. The number of hydrogen-bond acceptors (Lipinski definition) is 3. The summed E-state index contributed by atoms with van der Waals surface area (Å²) in [7, 11) is 0. The first kappa shape index (κ1) is 14.7. The number of nitrogens with zero attached hydrogens (tertiary/aromatic N) is 1. The molecular formula is C16H15IN2OS. The van der Waals surface area contributed by atoms with E-state index in [-0.39, 0.29) is 0 Å².